The zero-order chi connectivity index (χ0) is 15.2. The minimum atomic E-state index is -5.38. The van der Waals surface area contributed by atoms with Gasteiger partial charge in [0.15, 0.2) is 5.69 Å². The van der Waals surface area contributed by atoms with E-state index in [9.17, 15) is 31.1 Å². The van der Waals surface area contributed by atoms with E-state index in [2.05, 4.69) is 5.10 Å². The number of nitrogens with zero attached hydrogens (tertiary/aromatic N) is 2. The van der Waals surface area contributed by atoms with Crippen molar-refractivity contribution in [2.75, 3.05) is 0 Å². The summed E-state index contributed by atoms with van der Waals surface area (Å²) in [4.78, 5) is 11.0. The van der Waals surface area contributed by atoms with E-state index in [-0.39, 0.29) is 0 Å². The molecule has 0 atom stereocenters. The van der Waals surface area contributed by atoms with Gasteiger partial charge in [-0.25, -0.2) is 0 Å². The number of carbonyl (C=O) groups is 1. The molecule has 19 heavy (non-hydrogen) atoms. The molecule has 0 bridgehead atoms. The third kappa shape index (κ3) is 3.27. The monoisotopic (exact) mass is 288 g/mol. The fraction of sp³-hybridized carbons (Fsp3) is 0.600. The summed E-state index contributed by atoms with van der Waals surface area (Å²) in [6.07, 6.45) is -10.0. The highest BCUT2D eigenvalue weighted by atomic mass is 19.4. The number of hydrogen-bond acceptors (Lipinski definition) is 2. The van der Waals surface area contributed by atoms with E-state index in [1.54, 1.807) is 0 Å². The number of ketones is 1. The number of aromatic nitrogens is 2. The molecule has 0 aliphatic heterocycles. The van der Waals surface area contributed by atoms with Crippen LogP contribution in [0.1, 0.15) is 36.8 Å². The van der Waals surface area contributed by atoms with E-state index in [1.165, 1.54) is 20.8 Å². The first-order valence-electron chi connectivity index (χ1n) is 5.03. The second-order valence-electron chi connectivity index (χ2n) is 4.83. The first kappa shape index (κ1) is 15.5. The maximum absolute atomic E-state index is 12.6. The molecule has 0 amide bonds. The minimum Gasteiger partial charge on any atom is -0.284 e. The van der Waals surface area contributed by atoms with Crippen LogP contribution in [0.25, 0.3) is 0 Å². The highest BCUT2D eigenvalue weighted by molar-refractivity contribution is 6.01. The molecule has 0 aliphatic rings. The number of alkyl halides is 6. The largest absolute Gasteiger partial charge is 0.455 e. The van der Waals surface area contributed by atoms with Crippen LogP contribution in [-0.4, -0.2) is 21.7 Å². The Kier molecular flexibility index (Phi) is 3.46. The molecule has 1 aromatic rings. The quantitative estimate of drug-likeness (QED) is 0.586. The lowest BCUT2D eigenvalue weighted by atomic mass is 10.1. The van der Waals surface area contributed by atoms with E-state index < -0.39 is 34.9 Å². The van der Waals surface area contributed by atoms with Gasteiger partial charge in [-0.15, -0.1) is 0 Å². The second-order valence-corrected chi connectivity index (χ2v) is 4.83. The van der Waals surface area contributed by atoms with Crippen LogP contribution in [-0.2, 0) is 11.7 Å². The molecule has 9 heteroatoms. The molecule has 0 spiro atoms. The molecule has 3 nitrogen and oxygen atoms in total. The van der Waals surface area contributed by atoms with Crippen LogP contribution in [0.2, 0.25) is 0 Å². The van der Waals surface area contributed by atoms with E-state index in [0.717, 1.165) is 0 Å². The predicted molar refractivity (Wildman–Crippen MR) is 52.6 cm³/mol. The fourth-order valence-corrected chi connectivity index (χ4v) is 1.25. The second kappa shape index (κ2) is 4.24. The van der Waals surface area contributed by atoms with Crippen molar-refractivity contribution in [1.82, 2.24) is 9.78 Å². The summed E-state index contributed by atoms with van der Waals surface area (Å²) in [5.74, 6) is -2.56. The molecule has 0 saturated heterocycles. The van der Waals surface area contributed by atoms with Crippen molar-refractivity contribution in [2.45, 2.75) is 38.7 Å². The summed E-state index contributed by atoms with van der Waals surface area (Å²) in [7, 11) is 0. The zero-order valence-electron chi connectivity index (χ0n) is 10.1. The average molecular weight is 288 g/mol. The summed E-state index contributed by atoms with van der Waals surface area (Å²) in [6, 6.07) is 0. The average Bonchev–Trinajstić information content (AvgIpc) is 2.57. The Morgan fingerprint density at radius 1 is 1.11 bits per heavy atom. The van der Waals surface area contributed by atoms with E-state index in [0.29, 0.717) is 10.9 Å². The summed E-state index contributed by atoms with van der Waals surface area (Å²) in [6.45, 7) is 4.34. The molecule has 1 heterocycles. The van der Waals surface area contributed by atoms with Crippen molar-refractivity contribution in [2.24, 2.45) is 0 Å². The third-order valence-electron chi connectivity index (χ3n) is 2.17. The Labute approximate surface area is 104 Å². The van der Waals surface area contributed by atoms with Crippen LogP contribution >= 0.6 is 0 Å². The molecular formula is C10H10F6N2O. The van der Waals surface area contributed by atoms with Crippen LogP contribution in [0.15, 0.2) is 6.20 Å². The molecule has 0 saturated carbocycles. The van der Waals surface area contributed by atoms with E-state index in [4.69, 9.17) is 0 Å². The van der Waals surface area contributed by atoms with Gasteiger partial charge in [-0.3, -0.25) is 9.48 Å². The molecule has 1 aromatic heterocycles. The van der Waals surface area contributed by atoms with Gasteiger partial charge in [0.25, 0.3) is 5.78 Å². The van der Waals surface area contributed by atoms with E-state index >= 15 is 0 Å². The topological polar surface area (TPSA) is 34.9 Å². The Balaban J connectivity index is 3.46. The van der Waals surface area contributed by atoms with Crippen LogP contribution in [0.5, 0.6) is 0 Å². The first-order valence-corrected chi connectivity index (χ1v) is 5.03. The fourth-order valence-electron chi connectivity index (χ4n) is 1.25. The first-order chi connectivity index (χ1) is 8.24. The van der Waals surface area contributed by atoms with Crippen molar-refractivity contribution in [3.8, 4) is 0 Å². The highest BCUT2D eigenvalue weighted by Crippen LogP contribution is 2.34. The van der Waals surface area contributed by atoms with Crippen molar-refractivity contribution in [3.05, 3.63) is 17.5 Å². The minimum absolute atomic E-state index is 0.471. The molecular weight excluding hydrogens is 278 g/mol. The van der Waals surface area contributed by atoms with Gasteiger partial charge in [0, 0.05) is 6.20 Å². The van der Waals surface area contributed by atoms with Crippen molar-refractivity contribution < 1.29 is 31.1 Å². The molecule has 0 radical (unpaired) electrons. The maximum atomic E-state index is 12.6. The Hall–Kier alpha value is -1.54. The number of hydrogen-bond donors (Lipinski definition) is 0. The molecule has 0 aromatic carbocycles. The highest BCUT2D eigenvalue weighted by Gasteiger charge is 2.47. The Morgan fingerprint density at radius 2 is 1.58 bits per heavy atom. The summed E-state index contributed by atoms with van der Waals surface area (Å²) in [5, 5.41) is 3.06. The van der Waals surface area contributed by atoms with Gasteiger partial charge in [-0.2, -0.15) is 31.4 Å². The zero-order valence-corrected chi connectivity index (χ0v) is 10.1. The molecule has 0 N–H and O–H groups in total. The maximum Gasteiger partial charge on any atom is 0.455 e. The number of carbonyl (C=O) groups excluding carboxylic acids is 1. The lowest BCUT2D eigenvalue weighted by Crippen LogP contribution is -2.25. The number of rotatable bonds is 1. The normalized spacial score (nSPS) is 13.7. The summed E-state index contributed by atoms with van der Waals surface area (Å²) in [5.41, 5.74) is -4.30. The third-order valence-corrected chi connectivity index (χ3v) is 2.17. The molecule has 108 valence electrons. The van der Waals surface area contributed by atoms with Crippen molar-refractivity contribution in [3.63, 3.8) is 0 Å². The standard InChI is InChI=1S/C10H10F6N2O/c1-8(2,3)18-4-5(7(19)10(14,15)16)6(17-18)9(11,12)13/h4H,1-3H3. The summed E-state index contributed by atoms with van der Waals surface area (Å²) < 4.78 is 75.3. The van der Waals surface area contributed by atoms with Gasteiger partial charge in [-0.1, -0.05) is 0 Å². The van der Waals surface area contributed by atoms with Crippen molar-refractivity contribution >= 4 is 5.78 Å². The van der Waals surface area contributed by atoms with Gasteiger partial charge in [0.05, 0.1) is 11.1 Å². The lowest BCUT2D eigenvalue weighted by Gasteiger charge is -2.18. The SMILES string of the molecule is CC(C)(C)n1cc(C(=O)C(F)(F)F)c(C(F)(F)F)n1. The van der Waals surface area contributed by atoms with Crippen LogP contribution < -0.4 is 0 Å². The number of Topliss-reactive ketones (excluding diaryl/α,β-unsaturated/α-hetero) is 1. The van der Waals surface area contributed by atoms with Gasteiger partial charge >= 0.3 is 12.4 Å². The van der Waals surface area contributed by atoms with Crippen molar-refractivity contribution in [1.29, 1.82) is 0 Å². The van der Waals surface area contributed by atoms with Crippen LogP contribution in [0, 0.1) is 0 Å². The molecule has 0 aliphatic carbocycles. The van der Waals surface area contributed by atoms with Gasteiger partial charge < -0.3 is 0 Å². The van der Waals surface area contributed by atoms with Crippen LogP contribution in [0.4, 0.5) is 26.3 Å². The smallest absolute Gasteiger partial charge is 0.284 e. The van der Waals surface area contributed by atoms with Gasteiger partial charge in [-0.05, 0) is 20.8 Å². The van der Waals surface area contributed by atoms with E-state index in [1.807, 2.05) is 0 Å². The number of halogens is 6. The predicted octanol–water partition coefficient (Wildman–Crippen LogP) is 3.40. The Bertz CT molecular complexity index is 492. The van der Waals surface area contributed by atoms with Gasteiger partial charge in [0.1, 0.15) is 0 Å². The molecule has 0 fully saturated rings. The summed E-state index contributed by atoms with van der Waals surface area (Å²) >= 11 is 0. The van der Waals surface area contributed by atoms with Crippen LogP contribution in [0.3, 0.4) is 0 Å². The Morgan fingerprint density at radius 3 is 1.89 bits per heavy atom. The molecule has 0 unspecified atom stereocenters. The lowest BCUT2D eigenvalue weighted by molar-refractivity contribution is -0.142. The van der Waals surface area contributed by atoms with Gasteiger partial charge in [0.2, 0.25) is 0 Å². The molecule has 1 rings (SSSR count).